The summed E-state index contributed by atoms with van der Waals surface area (Å²) in [6, 6.07) is 12.3. The average molecular weight is 476 g/mol. The largest absolute Gasteiger partial charge is 0.497 e. The van der Waals surface area contributed by atoms with E-state index in [4.69, 9.17) is 13.6 Å². The van der Waals surface area contributed by atoms with Gasteiger partial charge in [0, 0.05) is 6.42 Å². The van der Waals surface area contributed by atoms with E-state index in [9.17, 15) is 19.2 Å². The molecule has 11 heteroatoms. The number of benzene rings is 1. The number of furan rings is 2. The van der Waals surface area contributed by atoms with E-state index in [2.05, 4.69) is 5.10 Å². The number of carbonyl (C=O) groups excluding carboxylic acids is 4. The SMILES string of the molecule is COc1ccc(C2=NN(C(=O)CN3C(=O)C(=O)N(Cc4ccco4)C3=O)[C@H](c3ccco3)C2)cc1. The highest BCUT2D eigenvalue weighted by Gasteiger charge is 2.47. The van der Waals surface area contributed by atoms with Crippen molar-refractivity contribution < 1.29 is 32.7 Å². The summed E-state index contributed by atoms with van der Waals surface area (Å²) >= 11 is 0. The van der Waals surface area contributed by atoms with Crippen molar-refractivity contribution in [3.8, 4) is 5.75 Å². The van der Waals surface area contributed by atoms with Crippen LogP contribution >= 0.6 is 0 Å². The molecular weight excluding hydrogens is 456 g/mol. The third-order valence-electron chi connectivity index (χ3n) is 5.78. The second-order valence-electron chi connectivity index (χ2n) is 7.89. The van der Waals surface area contributed by atoms with Gasteiger partial charge in [0.1, 0.15) is 29.9 Å². The topological polar surface area (TPSA) is 126 Å². The van der Waals surface area contributed by atoms with Crippen molar-refractivity contribution in [3.05, 3.63) is 78.1 Å². The van der Waals surface area contributed by atoms with Crippen molar-refractivity contribution >= 4 is 29.5 Å². The first-order valence-corrected chi connectivity index (χ1v) is 10.7. The summed E-state index contributed by atoms with van der Waals surface area (Å²) in [5, 5.41) is 5.67. The normalized spacial score (nSPS) is 18.0. The monoisotopic (exact) mass is 476 g/mol. The Morgan fingerprint density at radius 1 is 1.00 bits per heavy atom. The predicted octanol–water partition coefficient (Wildman–Crippen LogP) is 2.55. The summed E-state index contributed by atoms with van der Waals surface area (Å²) < 4.78 is 15.9. The molecule has 2 aliphatic rings. The Labute approximate surface area is 199 Å². The number of methoxy groups -OCH3 is 1. The molecule has 1 fully saturated rings. The van der Waals surface area contributed by atoms with Gasteiger partial charge in [-0.1, -0.05) is 0 Å². The zero-order valence-electron chi connectivity index (χ0n) is 18.6. The smallest absolute Gasteiger partial charge is 0.335 e. The van der Waals surface area contributed by atoms with Gasteiger partial charge in [0.25, 0.3) is 5.91 Å². The number of imide groups is 2. The van der Waals surface area contributed by atoms with Gasteiger partial charge >= 0.3 is 17.8 Å². The molecule has 2 aliphatic heterocycles. The Morgan fingerprint density at radius 2 is 1.71 bits per heavy atom. The van der Waals surface area contributed by atoms with Gasteiger partial charge in [-0.25, -0.2) is 19.6 Å². The minimum Gasteiger partial charge on any atom is -0.497 e. The quantitative estimate of drug-likeness (QED) is 0.379. The molecule has 1 atom stereocenters. The van der Waals surface area contributed by atoms with Crippen molar-refractivity contribution in [2.75, 3.05) is 13.7 Å². The van der Waals surface area contributed by atoms with Crippen LogP contribution in [0.15, 0.2) is 75.0 Å². The first-order chi connectivity index (χ1) is 17.0. The second kappa shape index (κ2) is 8.93. The van der Waals surface area contributed by atoms with Crippen molar-refractivity contribution in [3.63, 3.8) is 0 Å². The van der Waals surface area contributed by atoms with E-state index in [1.165, 1.54) is 17.5 Å². The lowest BCUT2D eigenvalue weighted by Crippen LogP contribution is -2.41. The molecule has 2 aromatic heterocycles. The molecule has 5 amide bonds. The van der Waals surface area contributed by atoms with Gasteiger partial charge in [-0.3, -0.25) is 14.4 Å². The number of amides is 5. The molecule has 5 rings (SSSR count). The summed E-state index contributed by atoms with van der Waals surface area (Å²) in [5.74, 6) is -1.23. The first-order valence-electron chi connectivity index (χ1n) is 10.7. The number of hydrogen-bond acceptors (Lipinski definition) is 8. The highest BCUT2D eigenvalue weighted by Crippen LogP contribution is 2.33. The molecular formula is C24H20N4O7. The molecule has 4 heterocycles. The maximum atomic E-state index is 13.3. The van der Waals surface area contributed by atoms with Gasteiger partial charge < -0.3 is 13.6 Å². The number of hydrogen-bond donors (Lipinski definition) is 0. The van der Waals surface area contributed by atoms with E-state index in [1.807, 2.05) is 12.1 Å². The van der Waals surface area contributed by atoms with Crippen LogP contribution in [0.25, 0.3) is 0 Å². The molecule has 1 saturated heterocycles. The molecule has 0 spiro atoms. The highest BCUT2D eigenvalue weighted by atomic mass is 16.5. The summed E-state index contributed by atoms with van der Waals surface area (Å²) in [4.78, 5) is 52.3. The van der Waals surface area contributed by atoms with E-state index in [-0.39, 0.29) is 6.54 Å². The van der Waals surface area contributed by atoms with E-state index in [0.717, 1.165) is 10.5 Å². The highest BCUT2D eigenvalue weighted by molar-refractivity contribution is 6.44. The van der Waals surface area contributed by atoms with Crippen LogP contribution in [0.3, 0.4) is 0 Å². The lowest BCUT2D eigenvalue weighted by Gasteiger charge is -2.22. The predicted molar refractivity (Wildman–Crippen MR) is 119 cm³/mol. The summed E-state index contributed by atoms with van der Waals surface area (Å²) in [6.45, 7) is -0.853. The Hall–Kier alpha value is -4.67. The van der Waals surface area contributed by atoms with Crippen LogP contribution in [0.1, 0.15) is 29.5 Å². The summed E-state index contributed by atoms with van der Waals surface area (Å²) in [5.41, 5.74) is 1.41. The lowest BCUT2D eigenvalue weighted by atomic mass is 10.0. The summed E-state index contributed by atoms with van der Waals surface area (Å²) in [7, 11) is 1.57. The van der Waals surface area contributed by atoms with Crippen molar-refractivity contribution in [1.29, 1.82) is 0 Å². The lowest BCUT2D eigenvalue weighted by molar-refractivity contribution is -0.145. The minimum atomic E-state index is -1.08. The number of hydrazone groups is 1. The van der Waals surface area contributed by atoms with Gasteiger partial charge in [0.15, 0.2) is 0 Å². The summed E-state index contributed by atoms with van der Waals surface area (Å²) in [6.07, 6.45) is 3.24. The van der Waals surface area contributed by atoms with Crippen LogP contribution in [0.2, 0.25) is 0 Å². The number of rotatable bonds is 7. The van der Waals surface area contributed by atoms with Crippen LogP contribution in [-0.4, -0.2) is 57.9 Å². The first kappa shape index (κ1) is 22.1. The maximum Gasteiger partial charge on any atom is 0.335 e. The zero-order valence-corrected chi connectivity index (χ0v) is 18.6. The van der Waals surface area contributed by atoms with Crippen LogP contribution in [-0.2, 0) is 20.9 Å². The van der Waals surface area contributed by atoms with Crippen molar-refractivity contribution in [2.24, 2.45) is 5.10 Å². The number of carbonyl (C=O) groups is 4. The molecule has 1 aromatic carbocycles. The van der Waals surface area contributed by atoms with Crippen LogP contribution < -0.4 is 4.74 Å². The maximum absolute atomic E-state index is 13.3. The van der Waals surface area contributed by atoms with E-state index in [1.54, 1.807) is 43.5 Å². The van der Waals surface area contributed by atoms with Crippen LogP contribution in [0, 0.1) is 0 Å². The van der Waals surface area contributed by atoms with E-state index in [0.29, 0.717) is 34.3 Å². The Balaban J connectivity index is 1.37. The molecule has 35 heavy (non-hydrogen) atoms. The number of ether oxygens (including phenoxy) is 1. The van der Waals surface area contributed by atoms with Gasteiger partial charge in [-0.05, 0) is 54.1 Å². The molecule has 0 unspecified atom stereocenters. The second-order valence-corrected chi connectivity index (χ2v) is 7.89. The minimum absolute atomic E-state index is 0.209. The fourth-order valence-corrected chi connectivity index (χ4v) is 4.00. The molecule has 0 saturated carbocycles. The van der Waals surface area contributed by atoms with E-state index >= 15 is 0 Å². The Bertz CT molecular complexity index is 1300. The zero-order chi connectivity index (χ0) is 24.5. The third kappa shape index (κ3) is 4.07. The van der Waals surface area contributed by atoms with E-state index < -0.39 is 36.3 Å². The van der Waals surface area contributed by atoms with Gasteiger partial charge in [-0.2, -0.15) is 5.10 Å². The van der Waals surface area contributed by atoms with Crippen LogP contribution in [0.5, 0.6) is 5.75 Å². The third-order valence-corrected chi connectivity index (χ3v) is 5.78. The van der Waals surface area contributed by atoms with Gasteiger partial charge in [-0.15, -0.1) is 0 Å². The molecule has 0 radical (unpaired) electrons. The molecule has 0 N–H and O–H groups in total. The average Bonchev–Trinajstić information content (AvgIpc) is 3.67. The Kier molecular flexibility index (Phi) is 5.65. The molecule has 11 nitrogen and oxygen atoms in total. The fourth-order valence-electron chi connectivity index (χ4n) is 4.00. The van der Waals surface area contributed by atoms with Gasteiger partial charge in [0.05, 0.1) is 31.9 Å². The van der Waals surface area contributed by atoms with Crippen LogP contribution in [0.4, 0.5) is 4.79 Å². The number of nitrogens with zero attached hydrogens (tertiary/aromatic N) is 4. The number of urea groups is 1. The van der Waals surface area contributed by atoms with Gasteiger partial charge in [0.2, 0.25) is 0 Å². The Morgan fingerprint density at radius 3 is 2.37 bits per heavy atom. The molecule has 3 aromatic rings. The fraction of sp³-hybridized carbons (Fsp3) is 0.208. The molecule has 0 aliphatic carbocycles. The standard InChI is InChI=1S/C24H20N4O7/c1-33-16-8-6-15(7-9-16)18-12-19(20-5-3-11-35-20)28(25-18)21(29)14-27-23(31)22(30)26(24(27)32)13-17-4-2-10-34-17/h2-11,19H,12-14H2,1H3/t19-/m0/s1. The molecule has 0 bridgehead atoms. The van der Waals surface area contributed by atoms with Crippen molar-refractivity contribution in [1.82, 2.24) is 14.8 Å². The molecule has 178 valence electrons. The van der Waals surface area contributed by atoms with Crippen molar-refractivity contribution in [2.45, 2.75) is 19.0 Å².